The summed E-state index contributed by atoms with van der Waals surface area (Å²) in [5, 5.41) is 0. The number of sulfonamides is 1. The van der Waals surface area contributed by atoms with Gasteiger partial charge in [0, 0.05) is 6.54 Å². The number of hydrogen-bond donors (Lipinski definition) is 1. The van der Waals surface area contributed by atoms with Crippen molar-refractivity contribution in [3.8, 4) is 0 Å². The first-order valence-electron chi connectivity index (χ1n) is 6.72. The van der Waals surface area contributed by atoms with Crippen molar-refractivity contribution in [2.24, 2.45) is 11.8 Å². The highest BCUT2D eigenvalue weighted by molar-refractivity contribution is 7.89. The summed E-state index contributed by atoms with van der Waals surface area (Å²) in [7, 11) is -3.59. The lowest BCUT2D eigenvalue weighted by Crippen LogP contribution is -2.31. The predicted octanol–water partition coefficient (Wildman–Crippen LogP) is 2.93. The van der Waals surface area contributed by atoms with Gasteiger partial charge in [0.1, 0.15) is 5.82 Å². The Morgan fingerprint density at radius 1 is 1.26 bits per heavy atom. The Bertz CT molecular complexity index is 522. The van der Waals surface area contributed by atoms with E-state index >= 15 is 0 Å². The third-order valence-corrected chi connectivity index (χ3v) is 5.23. The Balaban J connectivity index is 1.95. The molecule has 0 heterocycles. The average Bonchev–Trinajstić information content (AvgIpc) is 2.38. The fourth-order valence-corrected chi connectivity index (χ4v) is 3.63. The first-order valence-corrected chi connectivity index (χ1v) is 8.21. The third kappa shape index (κ3) is 4.01. The van der Waals surface area contributed by atoms with Gasteiger partial charge in [-0.3, -0.25) is 0 Å². The maximum absolute atomic E-state index is 13.0. The van der Waals surface area contributed by atoms with Crippen molar-refractivity contribution in [1.82, 2.24) is 4.72 Å². The van der Waals surface area contributed by atoms with Crippen molar-refractivity contribution in [1.29, 1.82) is 0 Å². The van der Waals surface area contributed by atoms with Crippen LogP contribution in [0.2, 0.25) is 0 Å². The molecule has 2 rings (SSSR count). The van der Waals surface area contributed by atoms with Crippen molar-refractivity contribution in [3.05, 3.63) is 30.1 Å². The standard InChI is InChI=1S/C14H20FNO2S/c1-11-5-7-12(8-6-11)10-16-19(17,18)14-4-2-3-13(15)9-14/h2-4,9,11-12,16H,5-8,10H2,1H3. The third-order valence-electron chi connectivity index (χ3n) is 3.80. The molecular formula is C14H20FNO2S. The minimum absolute atomic E-state index is 0.00308. The molecule has 0 radical (unpaired) electrons. The molecule has 0 unspecified atom stereocenters. The van der Waals surface area contributed by atoms with Crippen LogP contribution in [0.4, 0.5) is 4.39 Å². The quantitative estimate of drug-likeness (QED) is 0.924. The molecular weight excluding hydrogens is 265 g/mol. The second-order valence-electron chi connectivity index (χ2n) is 5.44. The fraction of sp³-hybridized carbons (Fsp3) is 0.571. The minimum Gasteiger partial charge on any atom is -0.211 e. The van der Waals surface area contributed by atoms with Gasteiger partial charge < -0.3 is 0 Å². The predicted molar refractivity (Wildman–Crippen MR) is 72.7 cm³/mol. The van der Waals surface area contributed by atoms with Crippen LogP contribution in [0.5, 0.6) is 0 Å². The molecule has 106 valence electrons. The van der Waals surface area contributed by atoms with Gasteiger partial charge in [-0.25, -0.2) is 17.5 Å². The normalized spacial score (nSPS) is 24.3. The summed E-state index contributed by atoms with van der Waals surface area (Å²) in [6.07, 6.45) is 4.44. The lowest BCUT2D eigenvalue weighted by molar-refractivity contribution is 0.290. The molecule has 1 aromatic rings. The summed E-state index contributed by atoms with van der Waals surface area (Å²) in [5.74, 6) is 0.616. The highest BCUT2D eigenvalue weighted by Crippen LogP contribution is 2.28. The molecule has 1 aliphatic carbocycles. The van der Waals surface area contributed by atoms with Crippen LogP contribution in [0.3, 0.4) is 0 Å². The van der Waals surface area contributed by atoms with Crippen molar-refractivity contribution >= 4 is 10.0 Å². The molecule has 1 N–H and O–H groups in total. The number of nitrogens with one attached hydrogen (secondary N) is 1. The van der Waals surface area contributed by atoms with E-state index < -0.39 is 15.8 Å². The maximum atomic E-state index is 13.0. The molecule has 5 heteroatoms. The minimum atomic E-state index is -3.59. The van der Waals surface area contributed by atoms with E-state index in [1.807, 2.05) is 0 Å². The van der Waals surface area contributed by atoms with Gasteiger partial charge >= 0.3 is 0 Å². The number of rotatable bonds is 4. The van der Waals surface area contributed by atoms with Gasteiger partial charge in [-0.2, -0.15) is 0 Å². The topological polar surface area (TPSA) is 46.2 Å². The van der Waals surface area contributed by atoms with E-state index in [1.54, 1.807) is 0 Å². The second kappa shape index (κ2) is 6.01. The molecule has 1 fully saturated rings. The molecule has 0 aromatic heterocycles. The lowest BCUT2D eigenvalue weighted by Gasteiger charge is -2.26. The first-order chi connectivity index (χ1) is 8.97. The van der Waals surface area contributed by atoms with E-state index in [0.29, 0.717) is 12.5 Å². The van der Waals surface area contributed by atoms with Gasteiger partial charge in [-0.05, 0) is 42.9 Å². The van der Waals surface area contributed by atoms with Gasteiger partial charge in [-0.1, -0.05) is 25.8 Å². The van der Waals surface area contributed by atoms with Crippen LogP contribution >= 0.6 is 0 Å². The monoisotopic (exact) mass is 285 g/mol. The molecule has 1 saturated carbocycles. The van der Waals surface area contributed by atoms with E-state index in [4.69, 9.17) is 0 Å². The Morgan fingerprint density at radius 2 is 1.95 bits per heavy atom. The molecule has 0 amide bonds. The van der Waals surface area contributed by atoms with E-state index in [2.05, 4.69) is 11.6 Å². The average molecular weight is 285 g/mol. The molecule has 0 spiro atoms. The molecule has 0 atom stereocenters. The molecule has 0 bridgehead atoms. The summed E-state index contributed by atoms with van der Waals surface area (Å²) in [6.45, 7) is 2.68. The summed E-state index contributed by atoms with van der Waals surface area (Å²) in [4.78, 5) is -0.00308. The highest BCUT2D eigenvalue weighted by atomic mass is 32.2. The van der Waals surface area contributed by atoms with Gasteiger partial charge in [0.05, 0.1) is 4.90 Å². The van der Waals surface area contributed by atoms with Gasteiger partial charge in [-0.15, -0.1) is 0 Å². The van der Waals surface area contributed by atoms with E-state index in [0.717, 1.165) is 37.7 Å². The SMILES string of the molecule is CC1CCC(CNS(=O)(=O)c2cccc(F)c2)CC1. The summed E-state index contributed by atoms with van der Waals surface area (Å²) in [6, 6.07) is 5.10. The Hall–Kier alpha value is -0.940. The van der Waals surface area contributed by atoms with Crippen LogP contribution in [-0.2, 0) is 10.0 Å². The zero-order chi connectivity index (χ0) is 13.9. The van der Waals surface area contributed by atoms with Gasteiger partial charge in [0.25, 0.3) is 0 Å². The molecule has 0 saturated heterocycles. The zero-order valence-electron chi connectivity index (χ0n) is 11.1. The molecule has 1 aliphatic rings. The Kier molecular flexibility index (Phi) is 4.58. The zero-order valence-corrected chi connectivity index (χ0v) is 11.9. The molecule has 19 heavy (non-hydrogen) atoms. The van der Waals surface area contributed by atoms with Crippen LogP contribution in [0.15, 0.2) is 29.2 Å². The van der Waals surface area contributed by atoms with Crippen LogP contribution in [-0.4, -0.2) is 15.0 Å². The lowest BCUT2D eigenvalue weighted by atomic mass is 9.83. The van der Waals surface area contributed by atoms with Crippen molar-refractivity contribution in [3.63, 3.8) is 0 Å². The highest BCUT2D eigenvalue weighted by Gasteiger charge is 2.21. The fourth-order valence-electron chi connectivity index (χ4n) is 2.48. The number of hydrogen-bond acceptors (Lipinski definition) is 2. The molecule has 3 nitrogen and oxygen atoms in total. The Morgan fingerprint density at radius 3 is 2.58 bits per heavy atom. The van der Waals surface area contributed by atoms with Crippen LogP contribution in [0.25, 0.3) is 0 Å². The van der Waals surface area contributed by atoms with Gasteiger partial charge in [0.2, 0.25) is 10.0 Å². The summed E-state index contributed by atoms with van der Waals surface area (Å²) in [5.41, 5.74) is 0. The van der Waals surface area contributed by atoms with Crippen molar-refractivity contribution in [2.75, 3.05) is 6.54 Å². The maximum Gasteiger partial charge on any atom is 0.240 e. The number of benzene rings is 1. The van der Waals surface area contributed by atoms with Gasteiger partial charge in [0.15, 0.2) is 0 Å². The van der Waals surface area contributed by atoms with E-state index in [1.165, 1.54) is 18.2 Å². The van der Waals surface area contributed by atoms with E-state index in [9.17, 15) is 12.8 Å². The second-order valence-corrected chi connectivity index (χ2v) is 7.20. The van der Waals surface area contributed by atoms with Crippen molar-refractivity contribution in [2.45, 2.75) is 37.5 Å². The molecule has 0 aliphatic heterocycles. The Labute approximate surface area is 114 Å². The number of halogens is 1. The van der Waals surface area contributed by atoms with Crippen LogP contribution in [0.1, 0.15) is 32.6 Å². The summed E-state index contributed by atoms with van der Waals surface area (Å²) >= 11 is 0. The smallest absolute Gasteiger partial charge is 0.211 e. The summed E-state index contributed by atoms with van der Waals surface area (Å²) < 4.78 is 39.7. The molecule has 1 aromatic carbocycles. The largest absolute Gasteiger partial charge is 0.240 e. The van der Waals surface area contributed by atoms with E-state index in [-0.39, 0.29) is 4.90 Å². The first kappa shape index (κ1) is 14.5. The van der Waals surface area contributed by atoms with Crippen LogP contribution < -0.4 is 4.72 Å². The van der Waals surface area contributed by atoms with Crippen molar-refractivity contribution < 1.29 is 12.8 Å². The van der Waals surface area contributed by atoms with Crippen LogP contribution in [0, 0.1) is 17.7 Å².